The summed E-state index contributed by atoms with van der Waals surface area (Å²) in [5.41, 5.74) is -0.0323. The van der Waals surface area contributed by atoms with Crippen molar-refractivity contribution in [1.82, 2.24) is 9.88 Å². The maximum atomic E-state index is 12.6. The predicted molar refractivity (Wildman–Crippen MR) is 83.4 cm³/mol. The molecule has 1 aromatic heterocycles. The van der Waals surface area contributed by atoms with E-state index in [9.17, 15) is 9.59 Å². The fourth-order valence-electron chi connectivity index (χ4n) is 3.05. The number of carbonyl (C=O) groups excluding carboxylic acids is 1. The Morgan fingerprint density at radius 3 is 2.57 bits per heavy atom. The minimum atomic E-state index is -0.863. The lowest BCUT2D eigenvalue weighted by Gasteiger charge is -2.29. The van der Waals surface area contributed by atoms with E-state index >= 15 is 0 Å². The van der Waals surface area contributed by atoms with Gasteiger partial charge in [-0.05, 0) is 48.7 Å². The van der Waals surface area contributed by atoms with Gasteiger partial charge < -0.3 is 15.0 Å². The maximum absolute atomic E-state index is 12.6. The molecular weight excluding hydrogens is 336 g/mol. The number of hydrogen-bond acceptors (Lipinski definition) is 2. The van der Waals surface area contributed by atoms with E-state index in [1.807, 2.05) is 24.6 Å². The first kappa shape index (κ1) is 16.1. The molecule has 0 saturated heterocycles. The molecule has 0 atom stereocenters. The average molecular weight is 357 g/mol. The lowest BCUT2D eigenvalue weighted by Crippen LogP contribution is -2.48. The molecule has 0 spiro atoms. The highest BCUT2D eigenvalue weighted by Gasteiger charge is 2.38. The highest BCUT2D eigenvalue weighted by molar-refractivity contribution is 9.10. The molecule has 1 aliphatic carbocycles. The Labute approximate surface area is 132 Å². The summed E-state index contributed by atoms with van der Waals surface area (Å²) < 4.78 is 2.74. The standard InChI is InChI=1S/C15H21BrN2O3/c1-10(2)18-9-11(16)7-12(18)14(21)17-15(8-13(19)20)5-3-4-6-15/h7,9-10H,3-6,8H2,1-2H3,(H,17,21)(H,19,20). The van der Waals surface area contributed by atoms with Crippen LogP contribution in [-0.2, 0) is 4.79 Å². The van der Waals surface area contributed by atoms with E-state index in [0.717, 1.165) is 30.2 Å². The number of carbonyl (C=O) groups is 2. The van der Waals surface area contributed by atoms with Gasteiger partial charge in [0.25, 0.3) is 5.91 Å². The molecule has 116 valence electrons. The summed E-state index contributed by atoms with van der Waals surface area (Å²) in [5.74, 6) is -1.06. The molecule has 1 amide bonds. The molecule has 1 aromatic rings. The van der Waals surface area contributed by atoms with Crippen LogP contribution in [0, 0.1) is 0 Å². The van der Waals surface area contributed by atoms with Gasteiger partial charge in [-0.25, -0.2) is 0 Å². The summed E-state index contributed by atoms with van der Waals surface area (Å²) in [5, 5.41) is 12.1. The van der Waals surface area contributed by atoms with Crippen molar-refractivity contribution in [3.05, 3.63) is 22.4 Å². The smallest absolute Gasteiger partial charge is 0.305 e. The first-order valence-electron chi connectivity index (χ1n) is 7.25. The number of nitrogens with zero attached hydrogens (tertiary/aromatic N) is 1. The van der Waals surface area contributed by atoms with Gasteiger partial charge in [0.2, 0.25) is 0 Å². The molecule has 5 nitrogen and oxygen atoms in total. The molecule has 2 rings (SSSR count). The Kier molecular flexibility index (Phi) is 4.76. The SMILES string of the molecule is CC(C)n1cc(Br)cc1C(=O)NC1(CC(=O)O)CCCC1. The molecule has 1 fully saturated rings. The first-order valence-corrected chi connectivity index (χ1v) is 8.04. The van der Waals surface area contributed by atoms with Crippen LogP contribution in [0.3, 0.4) is 0 Å². The highest BCUT2D eigenvalue weighted by Crippen LogP contribution is 2.33. The van der Waals surface area contributed by atoms with Crippen LogP contribution in [0.4, 0.5) is 0 Å². The van der Waals surface area contributed by atoms with Crippen LogP contribution in [-0.4, -0.2) is 27.1 Å². The fraction of sp³-hybridized carbons (Fsp3) is 0.600. The monoisotopic (exact) mass is 356 g/mol. The first-order chi connectivity index (χ1) is 9.83. The number of amides is 1. The summed E-state index contributed by atoms with van der Waals surface area (Å²) in [6.45, 7) is 4.01. The number of rotatable bonds is 5. The third-order valence-corrected chi connectivity index (χ3v) is 4.47. The topological polar surface area (TPSA) is 71.3 Å². The van der Waals surface area contributed by atoms with Crippen molar-refractivity contribution in [2.75, 3.05) is 0 Å². The van der Waals surface area contributed by atoms with Crippen molar-refractivity contribution >= 4 is 27.8 Å². The Morgan fingerprint density at radius 2 is 2.05 bits per heavy atom. The van der Waals surface area contributed by atoms with Crippen LogP contribution in [0.1, 0.15) is 62.5 Å². The fourth-order valence-corrected chi connectivity index (χ4v) is 3.48. The second-order valence-corrected chi connectivity index (χ2v) is 6.97. The van der Waals surface area contributed by atoms with Gasteiger partial charge in [-0.3, -0.25) is 9.59 Å². The number of aromatic nitrogens is 1. The molecule has 2 N–H and O–H groups in total. The highest BCUT2D eigenvalue weighted by atomic mass is 79.9. The van der Waals surface area contributed by atoms with Crippen molar-refractivity contribution in [3.63, 3.8) is 0 Å². The van der Waals surface area contributed by atoms with Crippen molar-refractivity contribution < 1.29 is 14.7 Å². The molecule has 0 unspecified atom stereocenters. The Bertz CT molecular complexity index is 545. The van der Waals surface area contributed by atoms with Crippen LogP contribution in [0.15, 0.2) is 16.7 Å². The number of aliphatic carboxylic acids is 1. The number of hydrogen-bond donors (Lipinski definition) is 2. The van der Waals surface area contributed by atoms with Gasteiger partial charge in [0.15, 0.2) is 0 Å². The Hall–Kier alpha value is -1.30. The summed E-state index contributed by atoms with van der Waals surface area (Å²) >= 11 is 3.39. The van der Waals surface area contributed by atoms with Gasteiger partial charge in [-0.15, -0.1) is 0 Å². The summed E-state index contributed by atoms with van der Waals surface area (Å²) in [4.78, 5) is 23.7. The quantitative estimate of drug-likeness (QED) is 0.849. The zero-order chi connectivity index (χ0) is 15.6. The largest absolute Gasteiger partial charge is 0.481 e. The molecular formula is C15H21BrN2O3. The van der Waals surface area contributed by atoms with Gasteiger partial charge in [-0.1, -0.05) is 12.8 Å². The maximum Gasteiger partial charge on any atom is 0.305 e. The zero-order valence-electron chi connectivity index (χ0n) is 12.4. The van der Waals surface area contributed by atoms with Crippen molar-refractivity contribution in [1.29, 1.82) is 0 Å². The van der Waals surface area contributed by atoms with Crippen LogP contribution in [0.2, 0.25) is 0 Å². The van der Waals surface area contributed by atoms with Crippen LogP contribution in [0.25, 0.3) is 0 Å². The van der Waals surface area contributed by atoms with Crippen molar-refractivity contribution in [3.8, 4) is 0 Å². The molecule has 1 saturated carbocycles. The minimum Gasteiger partial charge on any atom is -0.481 e. The van der Waals surface area contributed by atoms with Crippen LogP contribution in [0.5, 0.6) is 0 Å². The third kappa shape index (κ3) is 3.67. The number of nitrogens with one attached hydrogen (secondary N) is 1. The lowest BCUT2D eigenvalue weighted by molar-refractivity contribution is -0.138. The van der Waals surface area contributed by atoms with Crippen LogP contribution < -0.4 is 5.32 Å². The van der Waals surface area contributed by atoms with Gasteiger partial charge >= 0.3 is 5.97 Å². The third-order valence-electron chi connectivity index (χ3n) is 4.03. The summed E-state index contributed by atoms with van der Waals surface area (Å²) in [7, 11) is 0. The molecule has 6 heteroatoms. The van der Waals surface area contributed by atoms with Gasteiger partial charge in [0, 0.05) is 16.7 Å². The molecule has 0 bridgehead atoms. The van der Waals surface area contributed by atoms with E-state index in [1.165, 1.54) is 0 Å². The molecule has 0 aromatic carbocycles. The van der Waals surface area contributed by atoms with Crippen LogP contribution >= 0.6 is 15.9 Å². The van der Waals surface area contributed by atoms with Gasteiger partial charge in [0.1, 0.15) is 5.69 Å². The number of carboxylic acids is 1. The lowest BCUT2D eigenvalue weighted by atomic mass is 9.93. The summed E-state index contributed by atoms with van der Waals surface area (Å²) in [6, 6.07) is 1.94. The molecule has 0 aliphatic heterocycles. The zero-order valence-corrected chi connectivity index (χ0v) is 13.9. The Balaban J connectivity index is 2.22. The molecule has 21 heavy (non-hydrogen) atoms. The predicted octanol–water partition coefficient (Wildman–Crippen LogP) is 3.35. The number of carboxylic acid groups (broad SMARTS) is 1. The average Bonchev–Trinajstić information content (AvgIpc) is 2.95. The molecule has 1 aliphatic rings. The normalized spacial score (nSPS) is 17.1. The van der Waals surface area contributed by atoms with E-state index in [1.54, 1.807) is 6.07 Å². The van der Waals surface area contributed by atoms with Gasteiger partial charge in [0.05, 0.1) is 12.0 Å². The summed E-state index contributed by atoms with van der Waals surface area (Å²) in [6.07, 6.45) is 5.24. The van der Waals surface area contributed by atoms with E-state index in [0.29, 0.717) is 5.69 Å². The van der Waals surface area contributed by atoms with Crippen molar-refractivity contribution in [2.24, 2.45) is 0 Å². The van der Waals surface area contributed by atoms with E-state index in [4.69, 9.17) is 5.11 Å². The second-order valence-electron chi connectivity index (χ2n) is 6.06. The van der Waals surface area contributed by atoms with Crippen molar-refractivity contribution in [2.45, 2.75) is 57.5 Å². The van der Waals surface area contributed by atoms with E-state index in [-0.39, 0.29) is 18.4 Å². The van der Waals surface area contributed by atoms with E-state index < -0.39 is 11.5 Å². The Morgan fingerprint density at radius 1 is 1.43 bits per heavy atom. The van der Waals surface area contributed by atoms with Gasteiger partial charge in [-0.2, -0.15) is 0 Å². The second kappa shape index (κ2) is 6.22. The molecule has 1 heterocycles. The molecule has 0 radical (unpaired) electrons. The minimum absolute atomic E-state index is 0.0116. The van der Waals surface area contributed by atoms with E-state index in [2.05, 4.69) is 21.2 Å². The number of halogens is 1.